The number of carbonyl (C=O) groups is 2. The minimum Gasteiger partial charge on any atom is -0.346 e. The lowest BCUT2D eigenvalue weighted by atomic mass is 10.1. The van der Waals surface area contributed by atoms with Crippen LogP contribution in [0.4, 0.5) is 5.69 Å². The van der Waals surface area contributed by atoms with Gasteiger partial charge in [-0.3, -0.25) is 19.1 Å². The van der Waals surface area contributed by atoms with Gasteiger partial charge in [0.1, 0.15) is 0 Å². The van der Waals surface area contributed by atoms with Crippen LogP contribution in [0, 0.1) is 20.8 Å². The lowest BCUT2D eigenvalue weighted by Crippen LogP contribution is -2.34. The van der Waals surface area contributed by atoms with Gasteiger partial charge in [-0.25, -0.2) is 0 Å². The van der Waals surface area contributed by atoms with Crippen LogP contribution in [0.5, 0.6) is 0 Å². The molecule has 2 aromatic carbocycles. The molecule has 9 heteroatoms. The third-order valence-electron chi connectivity index (χ3n) is 5.57. The average Bonchev–Trinajstić information content (AvgIpc) is 3.29. The Morgan fingerprint density at radius 2 is 1.71 bits per heavy atom. The maximum absolute atomic E-state index is 12.5. The first-order chi connectivity index (χ1) is 16.9. The molecule has 0 aliphatic heterocycles. The highest BCUT2D eigenvalue weighted by molar-refractivity contribution is 7.99. The van der Waals surface area contributed by atoms with Crippen LogP contribution in [0.25, 0.3) is 17.1 Å². The zero-order valence-corrected chi connectivity index (χ0v) is 20.6. The van der Waals surface area contributed by atoms with E-state index in [1.54, 1.807) is 12.4 Å². The molecule has 0 saturated carbocycles. The SMILES string of the molecule is Cc1ccccc1-n1c(SCC(=O)NCC(=O)Nc2cccc(C)c2C)nnc1-c1cccnc1. The molecule has 2 aromatic heterocycles. The number of hydrogen-bond donors (Lipinski definition) is 2. The van der Waals surface area contributed by atoms with Crippen molar-refractivity contribution >= 4 is 29.3 Å². The van der Waals surface area contributed by atoms with E-state index in [1.165, 1.54) is 11.8 Å². The molecule has 2 heterocycles. The Hall–Kier alpha value is -3.98. The highest BCUT2D eigenvalue weighted by atomic mass is 32.2. The van der Waals surface area contributed by atoms with E-state index in [2.05, 4.69) is 25.8 Å². The molecule has 0 fully saturated rings. The standard InChI is InChI=1S/C26H26N6O2S/c1-17-9-6-11-21(19(17)3)29-23(33)15-28-24(34)16-35-26-31-30-25(20-10-7-13-27-14-20)32(26)22-12-5-4-8-18(22)2/h4-14H,15-16H2,1-3H3,(H,28,34)(H,29,33). The predicted molar refractivity (Wildman–Crippen MR) is 138 cm³/mol. The second-order valence-electron chi connectivity index (χ2n) is 8.03. The molecular formula is C26H26N6O2S. The molecular weight excluding hydrogens is 460 g/mol. The molecule has 4 rings (SSSR count). The van der Waals surface area contributed by atoms with Crippen molar-refractivity contribution in [2.24, 2.45) is 0 Å². The van der Waals surface area contributed by atoms with Crippen LogP contribution in [0.15, 0.2) is 72.1 Å². The maximum atomic E-state index is 12.5. The van der Waals surface area contributed by atoms with E-state index in [0.29, 0.717) is 11.0 Å². The molecule has 0 saturated heterocycles. The molecule has 0 radical (unpaired) electrons. The van der Waals surface area contributed by atoms with Crippen LogP contribution >= 0.6 is 11.8 Å². The zero-order valence-electron chi connectivity index (χ0n) is 19.8. The second-order valence-corrected chi connectivity index (χ2v) is 8.97. The number of carbonyl (C=O) groups excluding carboxylic acids is 2. The number of anilines is 1. The van der Waals surface area contributed by atoms with Gasteiger partial charge in [0, 0.05) is 23.6 Å². The normalized spacial score (nSPS) is 10.7. The van der Waals surface area contributed by atoms with Gasteiger partial charge in [-0.05, 0) is 61.7 Å². The first-order valence-electron chi connectivity index (χ1n) is 11.1. The summed E-state index contributed by atoms with van der Waals surface area (Å²) < 4.78 is 1.93. The summed E-state index contributed by atoms with van der Waals surface area (Å²) in [7, 11) is 0. The summed E-state index contributed by atoms with van der Waals surface area (Å²) in [4.78, 5) is 29.0. The highest BCUT2D eigenvalue weighted by Crippen LogP contribution is 2.29. The van der Waals surface area contributed by atoms with Crippen molar-refractivity contribution in [2.45, 2.75) is 25.9 Å². The predicted octanol–water partition coefficient (Wildman–Crippen LogP) is 4.10. The number of para-hydroxylation sites is 1. The van der Waals surface area contributed by atoms with E-state index < -0.39 is 0 Å². The topological polar surface area (TPSA) is 102 Å². The molecule has 4 aromatic rings. The molecule has 178 valence electrons. The number of nitrogens with one attached hydrogen (secondary N) is 2. The van der Waals surface area contributed by atoms with Crippen molar-refractivity contribution in [3.63, 3.8) is 0 Å². The van der Waals surface area contributed by atoms with E-state index in [4.69, 9.17) is 0 Å². The number of thioether (sulfide) groups is 1. The Balaban J connectivity index is 1.43. The highest BCUT2D eigenvalue weighted by Gasteiger charge is 2.19. The van der Waals surface area contributed by atoms with Crippen molar-refractivity contribution in [2.75, 3.05) is 17.6 Å². The van der Waals surface area contributed by atoms with Crippen molar-refractivity contribution in [3.8, 4) is 17.1 Å². The number of aromatic nitrogens is 4. The molecule has 0 unspecified atom stereocenters. The van der Waals surface area contributed by atoms with Crippen LogP contribution in [0.2, 0.25) is 0 Å². The average molecular weight is 487 g/mol. The number of hydrogen-bond acceptors (Lipinski definition) is 6. The van der Waals surface area contributed by atoms with Gasteiger partial charge in [-0.15, -0.1) is 10.2 Å². The van der Waals surface area contributed by atoms with Gasteiger partial charge in [-0.1, -0.05) is 42.1 Å². The smallest absolute Gasteiger partial charge is 0.243 e. The van der Waals surface area contributed by atoms with Gasteiger partial charge in [0.2, 0.25) is 11.8 Å². The van der Waals surface area contributed by atoms with Crippen LogP contribution in [0.3, 0.4) is 0 Å². The number of rotatable bonds is 8. The third-order valence-corrected chi connectivity index (χ3v) is 6.50. The summed E-state index contributed by atoms with van der Waals surface area (Å²) >= 11 is 1.26. The summed E-state index contributed by atoms with van der Waals surface area (Å²) in [5.41, 5.74) is 5.63. The summed E-state index contributed by atoms with van der Waals surface area (Å²) in [6, 6.07) is 17.4. The van der Waals surface area contributed by atoms with Crippen LogP contribution in [-0.4, -0.2) is 43.9 Å². The van der Waals surface area contributed by atoms with E-state index in [1.807, 2.05) is 79.9 Å². The number of benzene rings is 2. The lowest BCUT2D eigenvalue weighted by Gasteiger charge is -2.13. The summed E-state index contributed by atoms with van der Waals surface area (Å²) in [6.45, 7) is 5.83. The fourth-order valence-corrected chi connectivity index (χ4v) is 4.29. The van der Waals surface area contributed by atoms with Crippen molar-refractivity contribution in [3.05, 3.63) is 83.7 Å². The Labute approximate surface area is 208 Å². The van der Waals surface area contributed by atoms with Gasteiger partial charge < -0.3 is 10.6 Å². The molecule has 0 aliphatic carbocycles. The number of aryl methyl sites for hydroxylation is 2. The number of nitrogens with zero attached hydrogens (tertiary/aromatic N) is 4. The van der Waals surface area contributed by atoms with Crippen molar-refractivity contribution in [1.82, 2.24) is 25.1 Å². The number of amides is 2. The maximum Gasteiger partial charge on any atom is 0.243 e. The van der Waals surface area contributed by atoms with Crippen LogP contribution in [-0.2, 0) is 9.59 Å². The monoisotopic (exact) mass is 486 g/mol. The van der Waals surface area contributed by atoms with E-state index >= 15 is 0 Å². The summed E-state index contributed by atoms with van der Waals surface area (Å²) in [5, 5.41) is 14.8. The quantitative estimate of drug-likeness (QED) is 0.364. The Bertz CT molecular complexity index is 1350. The van der Waals surface area contributed by atoms with Gasteiger partial charge >= 0.3 is 0 Å². The first-order valence-corrected chi connectivity index (χ1v) is 12.1. The molecule has 0 atom stereocenters. The van der Waals surface area contributed by atoms with Gasteiger partial charge in [0.15, 0.2) is 11.0 Å². The third kappa shape index (κ3) is 5.75. The molecule has 0 bridgehead atoms. The first kappa shape index (κ1) is 24.2. The minimum atomic E-state index is -0.279. The summed E-state index contributed by atoms with van der Waals surface area (Å²) in [5.74, 6) is 0.184. The Morgan fingerprint density at radius 3 is 2.49 bits per heavy atom. The molecule has 2 amide bonds. The van der Waals surface area contributed by atoms with Crippen molar-refractivity contribution in [1.29, 1.82) is 0 Å². The molecule has 35 heavy (non-hydrogen) atoms. The Morgan fingerprint density at radius 1 is 0.914 bits per heavy atom. The van der Waals surface area contributed by atoms with E-state index in [9.17, 15) is 9.59 Å². The van der Waals surface area contributed by atoms with Crippen LogP contribution < -0.4 is 10.6 Å². The fourth-order valence-electron chi connectivity index (χ4n) is 3.52. The van der Waals surface area contributed by atoms with Gasteiger partial charge in [-0.2, -0.15) is 0 Å². The minimum absolute atomic E-state index is 0.0911. The van der Waals surface area contributed by atoms with Gasteiger partial charge in [0.05, 0.1) is 18.0 Å². The van der Waals surface area contributed by atoms with E-state index in [-0.39, 0.29) is 24.1 Å². The van der Waals surface area contributed by atoms with Gasteiger partial charge in [0.25, 0.3) is 0 Å². The molecule has 8 nitrogen and oxygen atoms in total. The molecule has 0 spiro atoms. The Kier molecular flexibility index (Phi) is 7.57. The molecule has 0 aliphatic rings. The summed E-state index contributed by atoms with van der Waals surface area (Å²) in [6.07, 6.45) is 3.43. The number of pyridine rings is 1. The largest absolute Gasteiger partial charge is 0.346 e. The second kappa shape index (κ2) is 11.0. The lowest BCUT2D eigenvalue weighted by molar-refractivity contribution is -0.122. The van der Waals surface area contributed by atoms with Crippen molar-refractivity contribution < 1.29 is 9.59 Å². The molecule has 2 N–H and O–H groups in total. The van der Waals surface area contributed by atoms with Crippen LogP contribution in [0.1, 0.15) is 16.7 Å². The van der Waals surface area contributed by atoms with E-state index in [0.717, 1.165) is 33.6 Å². The zero-order chi connectivity index (χ0) is 24.8. The fraction of sp³-hybridized carbons (Fsp3) is 0.192.